The fourth-order valence-electron chi connectivity index (χ4n) is 4.61. The lowest BCUT2D eigenvalue weighted by atomic mass is 9.96. The predicted molar refractivity (Wildman–Crippen MR) is 130 cm³/mol. The van der Waals surface area contributed by atoms with E-state index in [9.17, 15) is 28.2 Å². The zero-order valence-corrected chi connectivity index (χ0v) is 21.0. The molecular formula is C23H20ClF3N6O3S. The van der Waals surface area contributed by atoms with Gasteiger partial charge in [0.25, 0.3) is 0 Å². The predicted octanol–water partition coefficient (Wildman–Crippen LogP) is 2.73. The van der Waals surface area contributed by atoms with Gasteiger partial charge in [-0.2, -0.15) is 13.2 Å². The number of thiophene rings is 1. The van der Waals surface area contributed by atoms with Crippen molar-refractivity contribution < 1.29 is 28.2 Å². The van der Waals surface area contributed by atoms with Crippen LogP contribution in [0.4, 0.5) is 19.0 Å². The number of anilines is 1. The van der Waals surface area contributed by atoms with Crippen molar-refractivity contribution in [2.45, 2.75) is 37.8 Å². The molecule has 0 radical (unpaired) electrons. The van der Waals surface area contributed by atoms with Crippen LogP contribution in [-0.2, 0) is 11.0 Å². The van der Waals surface area contributed by atoms with E-state index in [1.807, 2.05) is 6.92 Å². The standard InChI is InChI=1S/C23H20ClF3N6O3S/c1-3-8-29-18-14-19(31-13(30-18)7-5-10-4-6-12(24)37-10)33(20(32-14)23(25,26)27)15-11-9-22(11,21(36)28-2)17(35)16(15)34/h4,6,9,15-17,34-35H,3,8H2,1-2H3,(H,28,36)(H,29,30,31)/t15?,16-,17-,22-/m0/s1. The average Bonchev–Trinajstić information content (AvgIpc) is 3.13. The molecule has 3 heterocycles. The highest BCUT2D eigenvalue weighted by Gasteiger charge is 2.69. The molecule has 1 amide bonds. The summed E-state index contributed by atoms with van der Waals surface area (Å²) in [5, 5.41) is 26.9. The van der Waals surface area contributed by atoms with Crippen molar-refractivity contribution in [3.05, 3.63) is 44.6 Å². The van der Waals surface area contributed by atoms with Gasteiger partial charge < -0.3 is 20.8 Å². The molecular weight excluding hydrogens is 533 g/mol. The first-order valence-corrected chi connectivity index (χ1v) is 12.4. The minimum Gasteiger partial charge on any atom is -0.389 e. The second-order valence-electron chi connectivity index (χ2n) is 8.58. The number of carbonyl (C=O) groups excluding carboxylic acids is 1. The third kappa shape index (κ3) is 4.04. The Hall–Kier alpha value is -3.18. The molecule has 0 saturated heterocycles. The second kappa shape index (κ2) is 8.98. The zero-order chi connectivity index (χ0) is 26.7. The Morgan fingerprint density at radius 2 is 2.03 bits per heavy atom. The molecule has 1 fully saturated rings. The number of aromatic nitrogens is 4. The van der Waals surface area contributed by atoms with Crippen LogP contribution < -0.4 is 10.6 Å². The molecule has 5 rings (SSSR count). The number of imidazole rings is 1. The van der Waals surface area contributed by atoms with Gasteiger partial charge in [-0.25, -0.2) is 15.0 Å². The van der Waals surface area contributed by atoms with Crippen LogP contribution in [0.2, 0.25) is 4.34 Å². The van der Waals surface area contributed by atoms with Gasteiger partial charge in [0.1, 0.15) is 17.6 Å². The smallest absolute Gasteiger partial charge is 0.389 e. The summed E-state index contributed by atoms with van der Waals surface area (Å²) in [6, 6.07) is 1.92. The highest BCUT2D eigenvalue weighted by Crippen LogP contribution is 2.62. The first kappa shape index (κ1) is 25.5. The van der Waals surface area contributed by atoms with Gasteiger partial charge in [0, 0.05) is 13.6 Å². The Morgan fingerprint density at radius 1 is 1.27 bits per heavy atom. The van der Waals surface area contributed by atoms with E-state index in [4.69, 9.17) is 11.6 Å². The van der Waals surface area contributed by atoms with Crippen molar-refractivity contribution in [3.8, 4) is 11.8 Å². The Bertz CT molecular complexity index is 1510. The number of aliphatic hydroxyl groups is 2. The molecule has 0 spiro atoms. The monoisotopic (exact) mass is 552 g/mol. The van der Waals surface area contributed by atoms with Gasteiger partial charge in [0.05, 0.1) is 15.3 Å². The maximum absolute atomic E-state index is 14.2. The molecule has 0 aromatic carbocycles. The van der Waals surface area contributed by atoms with Crippen molar-refractivity contribution in [1.29, 1.82) is 0 Å². The van der Waals surface area contributed by atoms with E-state index < -0.39 is 41.6 Å². The van der Waals surface area contributed by atoms with E-state index in [2.05, 4.69) is 37.4 Å². The molecule has 2 aliphatic rings. The molecule has 0 bridgehead atoms. The van der Waals surface area contributed by atoms with Gasteiger partial charge >= 0.3 is 6.18 Å². The summed E-state index contributed by atoms with van der Waals surface area (Å²) in [6.07, 6.45) is -6.30. The van der Waals surface area contributed by atoms with Gasteiger partial charge in [-0.3, -0.25) is 9.36 Å². The summed E-state index contributed by atoms with van der Waals surface area (Å²) in [5.41, 5.74) is -1.85. The number of amides is 1. The fourth-order valence-corrected chi connectivity index (χ4v) is 5.51. The Balaban J connectivity index is 1.72. The van der Waals surface area contributed by atoms with Crippen LogP contribution in [0, 0.1) is 17.3 Å². The van der Waals surface area contributed by atoms with Crippen LogP contribution >= 0.6 is 22.9 Å². The van der Waals surface area contributed by atoms with Crippen molar-refractivity contribution in [2.24, 2.45) is 5.41 Å². The number of carbonyl (C=O) groups is 1. The van der Waals surface area contributed by atoms with E-state index in [1.54, 1.807) is 12.1 Å². The van der Waals surface area contributed by atoms with E-state index in [-0.39, 0.29) is 28.4 Å². The molecule has 1 saturated carbocycles. The van der Waals surface area contributed by atoms with Gasteiger partial charge in [-0.1, -0.05) is 24.6 Å². The van der Waals surface area contributed by atoms with Crippen molar-refractivity contribution in [3.63, 3.8) is 0 Å². The maximum atomic E-state index is 14.2. The van der Waals surface area contributed by atoms with Gasteiger partial charge in [0.15, 0.2) is 17.0 Å². The van der Waals surface area contributed by atoms with E-state index in [0.717, 1.165) is 4.57 Å². The number of hydrogen-bond acceptors (Lipinski definition) is 8. The fraction of sp³-hybridized carbons (Fsp3) is 0.391. The Kier molecular flexibility index (Phi) is 6.18. The van der Waals surface area contributed by atoms with Crippen LogP contribution in [-0.4, -0.2) is 61.4 Å². The lowest BCUT2D eigenvalue weighted by Gasteiger charge is -2.23. The summed E-state index contributed by atoms with van der Waals surface area (Å²) in [4.78, 5) is 25.5. The number of nitrogens with one attached hydrogen (secondary N) is 2. The number of fused-ring (bicyclic) bond motifs is 2. The topological polar surface area (TPSA) is 125 Å². The van der Waals surface area contributed by atoms with Crippen LogP contribution in [0.25, 0.3) is 11.2 Å². The molecule has 4 atom stereocenters. The minimum atomic E-state index is -4.94. The second-order valence-corrected chi connectivity index (χ2v) is 10.3. The molecule has 37 heavy (non-hydrogen) atoms. The quantitative estimate of drug-likeness (QED) is 0.283. The van der Waals surface area contributed by atoms with E-state index in [0.29, 0.717) is 22.2 Å². The van der Waals surface area contributed by atoms with Crippen molar-refractivity contribution >= 4 is 45.8 Å². The van der Waals surface area contributed by atoms with Crippen LogP contribution in [0.5, 0.6) is 0 Å². The number of halogens is 4. The molecule has 2 aliphatic carbocycles. The molecule has 0 aliphatic heterocycles. The first-order valence-electron chi connectivity index (χ1n) is 11.2. The molecule has 3 aromatic heterocycles. The normalized spacial score (nSPS) is 24.3. The molecule has 194 valence electrons. The number of rotatable bonds is 5. The van der Waals surface area contributed by atoms with Crippen LogP contribution in [0.1, 0.15) is 35.9 Å². The molecule has 1 unspecified atom stereocenters. The number of aliphatic hydroxyl groups excluding tert-OH is 2. The van der Waals surface area contributed by atoms with Crippen molar-refractivity contribution in [1.82, 2.24) is 24.8 Å². The Labute approximate surface area is 217 Å². The van der Waals surface area contributed by atoms with Crippen molar-refractivity contribution in [2.75, 3.05) is 18.9 Å². The SMILES string of the molecule is CCCNc1nc(C#Cc2ccc(Cl)s2)nc2c1nc(C(F)(F)F)n2C1C2=C[C@@]2(C(=O)NC)[C@@H](O)[C@H]1O. The Morgan fingerprint density at radius 3 is 2.65 bits per heavy atom. The molecule has 4 N–H and O–H groups in total. The summed E-state index contributed by atoms with van der Waals surface area (Å²) < 4.78 is 44.0. The summed E-state index contributed by atoms with van der Waals surface area (Å²) >= 11 is 7.16. The highest BCUT2D eigenvalue weighted by molar-refractivity contribution is 7.16. The molecule has 3 aromatic rings. The maximum Gasteiger partial charge on any atom is 0.449 e. The minimum absolute atomic E-state index is 0.0417. The lowest BCUT2D eigenvalue weighted by molar-refractivity contribution is -0.148. The zero-order valence-electron chi connectivity index (χ0n) is 19.4. The summed E-state index contributed by atoms with van der Waals surface area (Å²) in [7, 11) is 1.34. The van der Waals surface area contributed by atoms with Gasteiger partial charge in [0.2, 0.25) is 17.6 Å². The average molecular weight is 553 g/mol. The third-order valence-electron chi connectivity index (χ3n) is 6.30. The van der Waals surface area contributed by atoms with E-state index >= 15 is 0 Å². The highest BCUT2D eigenvalue weighted by atomic mass is 35.5. The van der Waals surface area contributed by atoms with E-state index in [1.165, 1.54) is 24.5 Å². The van der Waals surface area contributed by atoms with Gasteiger partial charge in [-0.15, -0.1) is 11.3 Å². The summed E-state index contributed by atoms with van der Waals surface area (Å²) in [6.45, 7) is 2.27. The first-order chi connectivity index (χ1) is 17.5. The van der Waals surface area contributed by atoms with Crippen LogP contribution in [0.3, 0.4) is 0 Å². The largest absolute Gasteiger partial charge is 0.449 e. The lowest BCUT2D eigenvalue weighted by Crippen LogP contribution is -2.42. The third-order valence-corrected chi connectivity index (χ3v) is 7.44. The summed E-state index contributed by atoms with van der Waals surface area (Å²) in [5.74, 6) is 3.58. The van der Waals surface area contributed by atoms with Crippen LogP contribution in [0.15, 0.2) is 23.8 Å². The van der Waals surface area contributed by atoms with Gasteiger partial charge in [-0.05, 0) is 36.0 Å². The molecule has 14 heteroatoms. The molecule has 9 nitrogen and oxygen atoms in total. The number of alkyl halides is 3. The number of hydrogen-bond donors (Lipinski definition) is 4. The number of nitrogens with zero attached hydrogens (tertiary/aromatic N) is 4.